The predicted octanol–water partition coefficient (Wildman–Crippen LogP) is 3.13. The first-order valence-electron chi connectivity index (χ1n) is 8.01. The van der Waals surface area contributed by atoms with Gasteiger partial charge in [0.25, 0.3) is 5.56 Å². The van der Waals surface area contributed by atoms with Gasteiger partial charge in [-0.15, -0.1) is 0 Å². The molecule has 0 unspecified atom stereocenters. The number of fused-ring (bicyclic) bond motifs is 1. The minimum absolute atomic E-state index is 0.108. The van der Waals surface area contributed by atoms with Gasteiger partial charge in [0.15, 0.2) is 0 Å². The number of esters is 1. The van der Waals surface area contributed by atoms with Crippen molar-refractivity contribution in [1.29, 1.82) is 0 Å². The van der Waals surface area contributed by atoms with Crippen molar-refractivity contribution in [3.8, 4) is 11.3 Å². The molecule has 6 nitrogen and oxygen atoms in total. The van der Waals surface area contributed by atoms with Crippen LogP contribution < -0.4 is 5.56 Å². The van der Waals surface area contributed by atoms with Crippen LogP contribution in [0, 0.1) is 6.92 Å². The monoisotopic (exact) mass is 337 g/mol. The van der Waals surface area contributed by atoms with Crippen molar-refractivity contribution in [3.63, 3.8) is 0 Å². The Kier molecular flexibility index (Phi) is 4.35. The van der Waals surface area contributed by atoms with Crippen LogP contribution >= 0.6 is 0 Å². The van der Waals surface area contributed by atoms with Crippen LogP contribution in [0.15, 0.2) is 41.3 Å². The molecule has 2 heterocycles. The second kappa shape index (κ2) is 6.47. The third-order valence-corrected chi connectivity index (χ3v) is 4.09. The van der Waals surface area contributed by atoms with Gasteiger partial charge in [0.1, 0.15) is 11.2 Å². The topological polar surface area (TPSA) is 74.1 Å². The molecule has 0 aliphatic heterocycles. The van der Waals surface area contributed by atoms with E-state index in [1.807, 2.05) is 39.0 Å². The van der Waals surface area contributed by atoms with E-state index in [9.17, 15) is 9.59 Å². The van der Waals surface area contributed by atoms with Gasteiger partial charge in [-0.3, -0.25) is 9.78 Å². The van der Waals surface area contributed by atoms with Crippen LogP contribution in [0.2, 0.25) is 0 Å². The van der Waals surface area contributed by atoms with Gasteiger partial charge in [0, 0.05) is 17.1 Å². The number of carbonyl (C=O) groups is 1. The van der Waals surface area contributed by atoms with Crippen LogP contribution in [0.3, 0.4) is 0 Å². The van der Waals surface area contributed by atoms with Crippen molar-refractivity contribution < 1.29 is 9.53 Å². The maximum absolute atomic E-state index is 12.6. The van der Waals surface area contributed by atoms with Crippen molar-refractivity contribution in [2.75, 3.05) is 7.11 Å². The summed E-state index contributed by atoms with van der Waals surface area (Å²) in [6.45, 7) is 5.63. The molecule has 0 N–H and O–H groups in total. The number of ether oxygens (including phenoxy) is 1. The molecule has 0 bridgehead atoms. The zero-order chi connectivity index (χ0) is 18.1. The Bertz CT molecular complexity index is 1020. The van der Waals surface area contributed by atoms with Gasteiger partial charge < -0.3 is 4.74 Å². The molecule has 0 radical (unpaired) electrons. The zero-order valence-corrected chi connectivity index (χ0v) is 14.6. The van der Waals surface area contributed by atoms with Gasteiger partial charge >= 0.3 is 5.97 Å². The number of benzene rings is 1. The smallest absolute Gasteiger partial charge is 0.338 e. The molecule has 0 aliphatic carbocycles. The minimum atomic E-state index is -0.404. The van der Waals surface area contributed by atoms with Gasteiger partial charge in [-0.25, -0.2) is 9.48 Å². The van der Waals surface area contributed by atoms with Gasteiger partial charge in [-0.05, 0) is 44.5 Å². The van der Waals surface area contributed by atoms with Crippen LogP contribution in [0.1, 0.15) is 35.8 Å². The maximum atomic E-state index is 12.6. The lowest BCUT2D eigenvalue weighted by atomic mass is 10.0. The predicted molar refractivity (Wildman–Crippen MR) is 95.7 cm³/mol. The van der Waals surface area contributed by atoms with Crippen LogP contribution in [0.25, 0.3) is 22.2 Å². The highest BCUT2D eigenvalue weighted by Gasteiger charge is 2.17. The summed E-state index contributed by atoms with van der Waals surface area (Å²) in [7, 11) is 1.35. The standard InChI is InChI=1S/C19H19N3O3/c1-11(2)22-18(23)17-14(6-5-9-20-17)16(21-22)13-8-7-12(3)15(10-13)19(24)25-4/h5-11H,1-4H3. The second-order valence-electron chi connectivity index (χ2n) is 6.11. The summed E-state index contributed by atoms with van der Waals surface area (Å²) in [5.41, 5.74) is 2.77. The molecule has 3 rings (SSSR count). The van der Waals surface area contributed by atoms with Crippen LogP contribution in [-0.2, 0) is 4.74 Å². The summed E-state index contributed by atoms with van der Waals surface area (Å²) in [6, 6.07) is 8.94. The van der Waals surface area contributed by atoms with Gasteiger partial charge in [-0.2, -0.15) is 5.10 Å². The Labute approximate surface area is 145 Å². The van der Waals surface area contributed by atoms with Crippen LogP contribution in [-0.4, -0.2) is 27.8 Å². The summed E-state index contributed by atoms with van der Waals surface area (Å²) in [4.78, 5) is 28.8. The molecule has 6 heteroatoms. The van der Waals surface area contributed by atoms with E-state index in [0.29, 0.717) is 22.2 Å². The van der Waals surface area contributed by atoms with E-state index >= 15 is 0 Å². The lowest BCUT2D eigenvalue weighted by Crippen LogP contribution is -2.26. The lowest BCUT2D eigenvalue weighted by molar-refractivity contribution is 0.0600. The third-order valence-electron chi connectivity index (χ3n) is 4.09. The average molecular weight is 337 g/mol. The molecule has 0 atom stereocenters. The number of aromatic nitrogens is 3. The first-order chi connectivity index (χ1) is 11.9. The molecule has 3 aromatic rings. The molecule has 0 aliphatic rings. The Morgan fingerprint density at radius 3 is 2.68 bits per heavy atom. The van der Waals surface area contributed by atoms with Gasteiger partial charge in [0.2, 0.25) is 0 Å². The van der Waals surface area contributed by atoms with E-state index in [4.69, 9.17) is 4.74 Å². The molecular formula is C19H19N3O3. The van der Waals surface area contributed by atoms with Gasteiger partial charge in [0.05, 0.1) is 18.7 Å². The third kappa shape index (κ3) is 2.91. The fourth-order valence-electron chi connectivity index (χ4n) is 2.74. The molecule has 1 aromatic carbocycles. The first kappa shape index (κ1) is 16.8. The summed E-state index contributed by atoms with van der Waals surface area (Å²) in [5.74, 6) is -0.404. The highest BCUT2D eigenvalue weighted by molar-refractivity contribution is 5.96. The number of aryl methyl sites for hydroxylation is 1. The Hall–Kier alpha value is -3.02. The fraction of sp³-hybridized carbons (Fsp3) is 0.263. The van der Waals surface area contributed by atoms with Crippen molar-refractivity contribution in [1.82, 2.24) is 14.8 Å². The minimum Gasteiger partial charge on any atom is -0.465 e. The van der Waals surface area contributed by atoms with Crippen molar-refractivity contribution >= 4 is 16.9 Å². The molecule has 0 fully saturated rings. The number of carbonyl (C=O) groups excluding carboxylic acids is 1. The summed E-state index contributed by atoms with van der Waals surface area (Å²) in [6.07, 6.45) is 1.59. The van der Waals surface area contributed by atoms with Crippen molar-refractivity contribution in [3.05, 3.63) is 58.0 Å². The largest absolute Gasteiger partial charge is 0.465 e. The number of hydrogen-bond donors (Lipinski definition) is 0. The SMILES string of the molecule is COC(=O)c1cc(-c2nn(C(C)C)c(=O)c3ncccc23)ccc1C. The fourth-order valence-corrected chi connectivity index (χ4v) is 2.74. The number of pyridine rings is 1. The highest BCUT2D eigenvalue weighted by Crippen LogP contribution is 2.26. The molecule has 0 spiro atoms. The molecule has 0 saturated heterocycles. The first-order valence-corrected chi connectivity index (χ1v) is 8.01. The Morgan fingerprint density at radius 1 is 1.24 bits per heavy atom. The number of hydrogen-bond acceptors (Lipinski definition) is 5. The maximum Gasteiger partial charge on any atom is 0.338 e. The van der Waals surface area contributed by atoms with E-state index in [-0.39, 0.29) is 11.6 Å². The van der Waals surface area contributed by atoms with Crippen molar-refractivity contribution in [2.45, 2.75) is 26.8 Å². The van der Waals surface area contributed by atoms with Crippen molar-refractivity contribution in [2.24, 2.45) is 0 Å². The Balaban J connectivity index is 2.34. The van der Waals surface area contributed by atoms with E-state index in [0.717, 1.165) is 11.1 Å². The van der Waals surface area contributed by atoms with E-state index < -0.39 is 5.97 Å². The average Bonchev–Trinajstić information content (AvgIpc) is 2.62. The van der Waals surface area contributed by atoms with Crippen LogP contribution in [0.5, 0.6) is 0 Å². The lowest BCUT2D eigenvalue weighted by Gasteiger charge is -2.14. The Morgan fingerprint density at radius 2 is 2.00 bits per heavy atom. The number of rotatable bonds is 3. The van der Waals surface area contributed by atoms with Crippen LogP contribution in [0.4, 0.5) is 0 Å². The molecular weight excluding hydrogens is 318 g/mol. The molecule has 0 saturated carbocycles. The molecule has 128 valence electrons. The zero-order valence-electron chi connectivity index (χ0n) is 14.6. The highest BCUT2D eigenvalue weighted by atomic mass is 16.5. The second-order valence-corrected chi connectivity index (χ2v) is 6.11. The quantitative estimate of drug-likeness (QED) is 0.687. The summed E-state index contributed by atoms with van der Waals surface area (Å²) >= 11 is 0. The summed E-state index contributed by atoms with van der Waals surface area (Å²) < 4.78 is 6.27. The summed E-state index contributed by atoms with van der Waals surface area (Å²) in [5, 5.41) is 5.19. The molecule has 25 heavy (non-hydrogen) atoms. The van der Waals surface area contributed by atoms with Gasteiger partial charge in [-0.1, -0.05) is 12.1 Å². The van der Waals surface area contributed by atoms with E-state index in [1.165, 1.54) is 11.8 Å². The van der Waals surface area contributed by atoms with E-state index in [1.54, 1.807) is 18.3 Å². The normalized spacial score (nSPS) is 11.1. The number of nitrogens with zero attached hydrogens (tertiary/aromatic N) is 3. The molecule has 2 aromatic heterocycles. The number of methoxy groups -OCH3 is 1. The van der Waals surface area contributed by atoms with E-state index in [2.05, 4.69) is 10.1 Å². The molecule has 0 amide bonds.